The summed E-state index contributed by atoms with van der Waals surface area (Å²) in [6.45, 7) is 1.83. The fourth-order valence-corrected chi connectivity index (χ4v) is 3.21. The molecule has 116 valence electrons. The second-order valence-electron chi connectivity index (χ2n) is 4.52. The monoisotopic (exact) mass is 355 g/mol. The molecule has 0 fully saturated rings. The molecule has 3 nitrogen and oxygen atoms in total. The smallest absolute Gasteiger partial charge is 0.237 e. The van der Waals surface area contributed by atoms with Gasteiger partial charge in [-0.1, -0.05) is 35.3 Å². The van der Waals surface area contributed by atoms with Crippen molar-refractivity contribution in [1.82, 2.24) is 0 Å². The van der Waals surface area contributed by atoms with Crippen LogP contribution in [0.25, 0.3) is 0 Å². The molecular formula is C16H15Cl2NO2S. The van der Waals surface area contributed by atoms with Crippen LogP contribution in [0, 0.1) is 0 Å². The first-order valence-corrected chi connectivity index (χ1v) is 8.20. The molecule has 0 saturated carbocycles. The van der Waals surface area contributed by atoms with Gasteiger partial charge in [0, 0.05) is 5.02 Å². The van der Waals surface area contributed by atoms with Gasteiger partial charge in [-0.25, -0.2) is 0 Å². The van der Waals surface area contributed by atoms with Crippen LogP contribution in [0.1, 0.15) is 6.92 Å². The van der Waals surface area contributed by atoms with E-state index in [4.69, 9.17) is 27.9 Å². The van der Waals surface area contributed by atoms with E-state index in [1.807, 2.05) is 31.2 Å². The Morgan fingerprint density at radius 3 is 2.64 bits per heavy atom. The zero-order chi connectivity index (χ0) is 16.1. The third kappa shape index (κ3) is 4.32. The van der Waals surface area contributed by atoms with E-state index in [1.165, 1.54) is 11.8 Å². The number of methoxy groups -OCH3 is 1. The minimum absolute atomic E-state index is 0.139. The van der Waals surface area contributed by atoms with Crippen LogP contribution < -0.4 is 10.1 Å². The lowest BCUT2D eigenvalue weighted by atomic mass is 10.3. The summed E-state index contributed by atoms with van der Waals surface area (Å²) in [6.07, 6.45) is 0. The second-order valence-corrected chi connectivity index (χ2v) is 6.75. The van der Waals surface area contributed by atoms with Gasteiger partial charge in [0.05, 0.1) is 28.0 Å². The molecule has 0 aliphatic rings. The lowest BCUT2D eigenvalue weighted by molar-refractivity contribution is -0.115. The van der Waals surface area contributed by atoms with Crippen LogP contribution >= 0.6 is 35.0 Å². The summed E-state index contributed by atoms with van der Waals surface area (Å²) in [5, 5.41) is 3.44. The predicted octanol–water partition coefficient (Wildman–Crippen LogP) is 5.12. The van der Waals surface area contributed by atoms with Gasteiger partial charge in [0.2, 0.25) is 5.91 Å². The number of thioether (sulfide) groups is 1. The van der Waals surface area contributed by atoms with Gasteiger partial charge in [0.25, 0.3) is 0 Å². The number of carbonyl (C=O) groups is 1. The first kappa shape index (κ1) is 17.0. The first-order valence-electron chi connectivity index (χ1n) is 6.57. The number of benzene rings is 2. The molecule has 6 heteroatoms. The minimum Gasteiger partial charge on any atom is -0.496 e. The second kappa shape index (κ2) is 7.77. The maximum atomic E-state index is 12.3. The summed E-state index contributed by atoms with van der Waals surface area (Å²) in [5.74, 6) is 0.608. The molecule has 0 radical (unpaired) electrons. The van der Waals surface area contributed by atoms with E-state index in [9.17, 15) is 4.79 Å². The number of carbonyl (C=O) groups excluding carboxylic acids is 1. The van der Waals surface area contributed by atoms with Crippen LogP contribution in [0.3, 0.4) is 0 Å². The number of para-hydroxylation sites is 1. The van der Waals surface area contributed by atoms with E-state index in [2.05, 4.69) is 5.32 Å². The van der Waals surface area contributed by atoms with Gasteiger partial charge in [-0.3, -0.25) is 4.79 Å². The Hall–Kier alpha value is -1.36. The molecule has 1 unspecified atom stereocenters. The zero-order valence-electron chi connectivity index (χ0n) is 12.1. The number of nitrogens with one attached hydrogen (secondary N) is 1. The van der Waals surface area contributed by atoms with Crippen molar-refractivity contribution in [2.45, 2.75) is 17.1 Å². The molecule has 2 rings (SSSR count). The van der Waals surface area contributed by atoms with Crippen molar-refractivity contribution in [2.24, 2.45) is 0 Å². The van der Waals surface area contributed by atoms with Crippen molar-refractivity contribution >= 4 is 46.6 Å². The number of hydrogen-bond acceptors (Lipinski definition) is 3. The third-order valence-corrected chi connectivity index (χ3v) is 4.64. The van der Waals surface area contributed by atoms with Crippen LogP contribution in [0.2, 0.25) is 10.0 Å². The minimum atomic E-state index is -0.303. The fraction of sp³-hybridized carbons (Fsp3) is 0.188. The molecule has 0 aliphatic heterocycles. The fourth-order valence-electron chi connectivity index (χ4n) is 1.79. The van der Waals surface area contributed by atoms with Crippen molar-refractivity contribution < 1.29 is 9.53 Å². The molecule has 22 heavy (non-hydrogen) atoms. The Balaban J connectivity index is 2.06. The van der Waals surface area contributed by atoms with Crippen molar-refractivity contribution in [3.05, 3.63) is 52.5 Å². The van der Waals surface area contributed by atoms with Gasteiger partial charge in [0.1, 0.15) is 5.75 Å². The number of rotatable bonds is 5. The summed E-state index contributed by atoms with van der Waals surface area (Å²) >= 11 is 13.3. The van der Waals surface area contributed by atoms with Gasteiger partial charge in [-0.05, 0) is 37.3 Å². The van der Waals surface area contributed by atoms with Gasteiger partial charge in [-0.2, -0.15) is 0 Å². The predicted molar refractivity (Wildman–Crippen MR) is 93.4 cm³/mol. The van der Waals surface area contributed by atoms with Crippen molar-refractivity contribution in [3.8, 4) is 5.75 Å². The average molecular weight is 356 g/mol. The summed E-state index contributed by atoms with van der Waals surface area (Å²) < 4.78 is 5.29. The molecule has 1 atom stereocenters. The van der Waals surface area contributed by atoms with E-state index in [1.54, 1.807) is 25.3 Å². The quantitative estimate of drug-likeness (QED) is 0.756. The highest BCUT2D eigenvalue weighted by atomic mass is 35.5. The number of hydrogen-bond donors (Lipinski definition) is 1. The van der Waals surface area contributed by atoms with Crippen LogP contribution in [0.4, 0.5) is 5.69 Å². The van der Waals surface area contributed by atoms with Gasteiger partial charge in [0.15, 0.2) is 0 Å². The highest BCUT2D eigenvalue weighted by Crippen LogP contribution is 2.33. The number of anilines is 1. The zero-order valence-corrected chi connectivity index (χ0v) is 14.4. The number of ether oxygens (including phenoxy) is 1. The summed E-state index contributed by atoms with van der Waals surface area (Å²) in [7, 11) is 1.61. The topological polar surface area (TPSA) is 38.3 Å². The Labute approximate surface area is 144 Å². The standard InChI is InChI=1S/C16H15Cl2NO2S/c1-10(22-15-6-4-3-5-14(15)21-2)16(20)19-13-8-7-11(17)9-12(13)18/h3-10H,1-2H3,(H,19,20). The van der Waals surface area contributed by atoms with Gasteiger partial charge >= 0.3 is 0 Å². The third-order valence-electron chi connectivity index (χ3n) is 2.93. The van der Waals surface area contributed by atoms with Crippen molar-refractivity contribution in [3.63, 3.8) is 0 Å². The highest BCUT2D eigenvalue weighted by molar-refractivity contribution is 8.00. The summed E-state index contributed by atoms with van der Waals surface area (Å²) in [6, 6.07) is 12.5. The maximum Gasteiger partial charge on any atom is 0.237 e. The molecule has 1 amide bonds. The van der Waals surface area contributed by atoms with E-state index < -0.39 is 0 Å². The van der Waals surface area contributed by atoms with E-state index in [0.29, 0.717) is 15.7 Å². The van der Waals surface area contributed by atoms with Crippen LogP contribution in [-0.4, -0.2) is 18.3 Å². The molecule has 2 aromatic carbocycles. The Kier molecular flexibility index (Phi) is 6.00. The van der Waals surface area contributed by atoms with Crippen LogP contribution in [-0.2, 0) is 4.79 Å². The lowest BCUT2D eigenvalue weighted by Crippen LogP contribution is -2.22. The molecule has 1 N–H and O–H groups in total. The van der Waals surface area contributed by atoms with Gasteiger partial charge in [-0.15, -0.1) is 11.8 Å². The largest absolute Gasteiger partial charge is 0.496 e. The lowest BCUT2D eigenvalue weighted by Gasteiger charge is -2.14. The summed E-state index contributed by atoms with van der Waals surface area (Å²) in [4.78, 5) is 13.2. The van der Waals surface area contributed by atoms with E-state index in [-0.39, 0.29) is 11.2 Å². The molecule has 0 heterocycles. The van der Waals surface area contributed by atoms with Crippen LogP contribution in [0.15, 0.2) is 47.4 Å². The van der Waals surface area contributed by atoms with E-state index >= 15 is 0 Å². The Morgan fingerprint density at radius 2 is 1.95 bits per heavy atom. The molecule has 0 aliphatic carbocycles. The Bertz CT molecular complexity index is 679. The first-order chi connectivity index (χ1) is 10.5. The van der Waals surface area contributed by atoms with Crippen molar-refractivity contribution in [1.29, 1.82) is 0 Å². The molecule has 0 saturated heterocycles. The normalized spacial score (nSPS) is 11.8. The average Bonchev–Trinajstić information content (AvgIpc) is 2.50. The van der Waals surface area contributed by atoms with E-state index in [0.717, 1.165) is 10.6 Å². The molecule has 0 bridgehead atoms. The Morgan fingerprint density at radius 1 is 1.23 bits per heavy atom. The maximum absolute atomic E-state index is 12.3. The SMILES string of the molecule is COc1ccccc1SC(C)C(=O)Nc1ccc(Cl)cc1Cl. The van der Waals surface area contributed by atoms with Gasteiger partial charge < -0.3 is 10.1 Å². The molecule has 0 spiro atoms. The van der Waals surface area contributed by atoms with Crippen LogP contribution in [0.5, 0.6) is 5.75 Å². The number of amides is 1. The molecule has 0 aromatic heterocycles. The molecule has 2 aromatic rings. The number of halogens is 2. The highest BCUT2D eigenvalue weighted by Gasteiger charge is 2.17. The van der Waals surface area contributed by atoms with Crippen molar-refractivity contribution in [2.75, 3.05) is 12.4 Å². The summed E-state index contributed by atoms with van der Waals surface area (Å²) in [5.41, 5.74) is 0.545. The molecular weight excluding hydrogens is 341 g/mol.